The number of rotatable bonds is 8. The Hall–Kier alpha value is -3.60. The van der Waals surface area contributed by atoms with Gasteiger partial charge in [-0.2, -0.15) is 8.42 Å². The molecule has 1 aliphatic rings. The van der Waals surface area contributed by atoms with Gasteiger partial charge in [-0.25, -0.2) is 14.2 Å². The minimum absolute atomic E-state index is 0.0315. The Bertz CT molecular complexity index is 1460. The molecule has 0 bridgehead atoms. The van der Waals surface area contributed by atoms with Crippen molar-refractivity contribution in [2.75, 3.05) is 0 Å². The van der Waals surface area contributed by atoms with Crippen LogP contribution < -0.4 is 8.92 Å². The number of aliphatic hydroxyl groups is 3. The van der Waals surface area contributed by atoms with Gasteiger partial charge in [-0.05, 0) is 30.7 Å². The Labute approximate surface area is 207 Å². The highest BCUT2D eigenvalue weighted by Gasteiger charge is 2.48. The number of allylic oxidation sites excluding steroid dienone is 1. The van der Waals surface area contributed by atoms with Gasteiger partial charge in [0.05, 0.1) is 0 Å². The van der Waals surface area contributed by atoms with Crippen molar-refractivity contribution < 1.29 is 60.7 Å². The van der Waals surface area contributed by atoms with Crippen LogP contribution >= 0.6 is 0 Å². The van der Waals surface area contributed by atoms with Crippen molar-refractivity contribution in [1.29, 1.82) is 0 Å². The highest BCUT2D eigenvalue weighted by Crippen LogP contribution is 2.34. The molecular weight excluding hydrogens is 521 g/mol. The number of halogens is 1. The SMILES string of the molecule is C=CCc1cc(O[C@@H]2O[C@H](C(=O)O)[C@@H](O)[C@H](O)[C@H]2O)cc2nc(-c3ccc(OS(=O)(=O)O)c(F)c3)oc12. The van der Waals surface area contributed by atoms with Gasteiger partial charge in [-0.1, -0.05) is 6.08 Å². The number of aromatic nitrogens is 1. The maximum Gasteiger partial charge on any atom is 0.446 e. The molecule has 0 radical (unpaired) electrons. The fourth-order valence-electron chi connectivity index (χ4n) is 3.67. The zero-order valence-corrected chi connectivity index (χ0v) is 19.4. The molecule has 0 aliphatic carbocycles. The minimum atomic E-state index is -4.94. The summed E-state index contributed by atoms with van der Waals surface area (Å²) in [4.78, 5) is 15.6. The number of aliphatic hydroxyl groups excluding tert-OH is 3. The first-order valence-corrected chi connectivity index (χ1v) is 11.8. The van der Waals surface area contributed by atoms with Gasteiger partial charge >= 0.3 is 16.4 Å². The predicted molar refractivity (Wildman–Crippen MR) is 120 cm³/mol. The standard InChI is InChI=1S/C22H20FNO12S/c1-2-3-9-6-11(33-22-17(27)15(25)16(26)19(35-22)21(28)29)8-13-18(9)34-20(24-13)10-4-5-14(12(23)7-10)36-37(30,31)32/h2,4-8,15-17,19,22,25-27H,1,3H2,(H,28,29)(H,30,31,32)/t15-,16-,17+,19-,22+/m0/s1. The first-order chi connectivity index (χ1) is 17.4. The van der Waals surface area contributed by atoms with Crippen LogP contribution in [0.25, 0.3) is 22.6 Å². The van der Waals surface area contributed by atoms with Crippen LogP contribution in [0.15, 0.2) is 47.4 Å². The summed E-state index contributed by atoms with van der Waals surface area (Å²) in [6.07, 6.45) is -7.29. The number of carboxylic acid groups (broad SMARTS) is 1. The van der Waals surface area contributed by atoms with E-state index in [1.165, 1.54) is 24.3 Å². The molecule has 13 nitrogen and oxygen atoms in total. The molecule has 3 aromatic rings. The summed E-state index contributed by atoms with van der Waals surface area (Å²) in [6, 6.07) is 5.88. The lowest BCUT2D eigenvalue weighted by Crippen LogP contribution is -2.61. The second-order valence-electron chi connectivity index (χ2n) is 7.95. The van der Waals surface area contributed by atoms with Crippen LogP contribution in [0.4, 0.5) is 4.39 Å². The molecule has 37 heavy (non-hydrogen) atoms. The summed E-state index contributed by atoms with van der Waals surface area (Å²) in [5.74, 6) is -3.48. The number of oxazole rings is 1. The van der Waals surface area contributed by atoms with Crippen molar-refractivity contribution in [3.05, 3.63) is 54.4 Å². The molecule has 0 saturated carbocycles. The van der Waals surface area contributed by atoms with Crippen molar-refractivity contribution in [2.24, 2.45) is 0 Å². The van der Waals surface area contributed by atoms with Crippen molar-refractivity contribution >= 4 is 27.5 Å². The Morgan fingerprint density at radius 1 is 1.16 bits per heavy atom. The number of fused-ring (bicyclic) bond motifs is 1. The molecule has 5 N–H and O–H groups in total. The Morgan fingerprint density at radius 3 is 2.51 bits per heavy atom. The number of ether oxygens (including phenoxy) is 2. The van der Waals surface area contributed by atoms with Gasteiger partial charge in [0.25, 0.3) is 0 Å². The third kappa shape index (κ3) is 5.56. The number of carbonyl (C=O) groups is 1. The first kappa shape index (κ1) is 26.5. The van der Waals surface area contributed by atoms with Gasteiger partial charge in [0.1, 0.15) is 29.6 Å². The highest BCUT2D eigenvalue weighted by atomic mass is 32.3. The van der Waals surface area contributed by atoms with Crippen LogP contribution in [-0.2, 0) is 26.4 Å². The number of nitrogens with zero attached hydrogens (tertiary/aromatic N) is 1. The zero-order chi connectivity index (χ0) is 27.1. The summed E-state index contributed by atoms with van der Waals surface area (Å²) in [6.45, 7) is 3.66. The highest BCUT2D eigenvalue weighted by molar-refractivity contribution is 7.81. The molecule has 2 heterocycles. The number of hydrogen-bond acceptors (Lipinski definition) is 11. The van der Waals surface area contributed by atoms with E-state index in [4.69, 9.17) is 18.4 Å². The summed E-state index contributed by atoms with van der Waals surface area (Å²) in [5.41, 5.74) is 1.03. The van der Waals surface area contributed by atoms with E-state index in [0.717, 1.165) is 12.1 Å². The number of benzene rings is 2. The van der Waals surface area contributed by atoms with E-state index in [1.54, 1.807) is 0 Å². The molecule has 2 aromatic carbocycles. The van der Waals surface area contributed by atoms with Crippen molar-refractivity contribution in [3.63, 3.8) is 0 Å². The molecule has 4 rings (SSSR count). The lowest BCUT2D eigenvalue weighted by molar-refractivity contribution is -0.271. The molecule has 198 valence electrons. The molecule has 0 amide bonds. The minimum Gasteiger partial charge on any atom is -0.479 e. The maximum absolute atomic E-state index is 14.3. The summed E-state index contributed by atoms with van der Waals surface area (Å²) in [5, 5.41) is 39.3. The average molecular weight is 541 g/mol. The monoisotopic (exact) mass is 541 g/mol. The van der Waals surface area contributed by atoms with Crippen LogP contribution in [0.1, 0.15) is 5.56 Å². The van der Waals surface area contributed by atoms with Crippen LogP contribution in [0.3, 0.4) is 0 Å². The Kier molecular flexibility index (Phi) is 7.18. The topological polar surface area (TPSA) is 206 Å². The zero-order valence-electron chi connectivity index (χ0n) is 18.6. The van der Waals surface area contributed by atoms with E-state index >= 15 is 0 Å². The lowest BCUT2D eigenvalue weighted by atomic mass is 9.99. The van der Waals surface area contributed by atoms with Gasteiger partial charge in [0, 0.05) is 17.2 Å². The van der Waals surface area contributed by atoms with Crippen LogP contribution in [0.2, 0.25) is 0 Å². The fraction of sp³-hybridized carbons (Fsp3) is 0.273. The van der Waals surface area contributed by atoms with Crippen molar-refractivity contribution in [1.82, 2.24) is 4.98 Å². The number of carboxylic acids is 1. The third-order valence-electron chi connectivity index (χ3n) is 5.34. The second kappa shape index (κ2) is 10.0. The summed E-state index contributed by atoms with van der Waals surface area (Å²) < 4.78 is 65.3. The van der Waals surface area contributed by atoms with Crippen molar-refractivity contribution in [3.8, 4) is 23.0 Å². The third-order valence-corrected chi connectivity index (χ3v) is 5.73. The largest absolute Gasteiger partial charge is 0.479 e. The number of hydrogen-bond donors (Lipinski definition) is 5. The molecule has 1 saturated heterocycles. The molecule has 1 aromatic heterocycles. The molecule has 1 fully saturated rings. The smallest absolute Gasteiger partial charge is 0.446 e. The van der Waals surface area contributed by atoms with E-state index in [-0.39, 0.29) is 34.7 Å². The first-order valence-electron chi connectivity index (χ1n) is 10.5. The quantitative estimate of drug-likeness (QED) is 0.198. The normalized spacial score (nSPS) is 24.1. The second-order valence-corrected chi connectivity index (χ2v) is 8.97. The van der Waals surface area contributed by atoms with Crippen LogP contribution in [0, 0.1) is 5.82 Å². The molecular formula is C22H20FNO12S. The Balaban J connectivity index is 1.68. The molecule has 0 spiro atoms. The molecule has 0 unspecified atom stereocenters. The summed E-state index contributed by atoms with van der Waals surface area (Å²) >= 11 is 0. The van der Waals surface area contributed by atoms with Gasteiger partial charge in [0.15, 0.2) is 23.3 Å². The average Bonchev–Trinajstić information content (AvgIpc) is 3.24. The maximum atomic E-state index is 14.3. The summed E-state index contributed by atoms with van der Waals surface area (Å²) in [7, 11) is -4.94. The van der Waals surface area contributed by atoms with Crippen LogP contribution in [-0.4, -0.2) is 75.1 Å². The van der Waals surface area contributed by atoms with E-state index in [9.17, 15) is 38.0 Å². The molecule has 1 aliphatic heterocycles. The predicted octanol–water partition coefficient (Wildman–Crippen LogP) is 0.815. The van der Waals surface area contributed by atoms with Crippen LogP contribution in [0.5, 0.6) is 11.5 Å². The fourth-order valence-corrected chi connectivity index (χ4v) is 4.03. The van der Waals surface area contributed by atoms with Gasteiger partial charge in [0.2, 0.25) is 12.2 Å². The van der Waals surface area contributed by atoms with Gasteiger partial charge in [-0.15, -0.1) is 6.58 Å². The molecule has 15 heteroatoms. The van der Waals surface area contributed by atoms with E-state index in [1.807, 2.05) is 0 Å². The van der Waals surface area contributed by atoms with Gasteiger partial charge < -0.3 is 38.5 Å². The number of aliphatic carboxylic acids is 1. The molecule has 5 atom stereocenters. The van der Waals surface area contributed by atoms with E-state index in [0.29, 0.717) is 5.56 Å². The van der Waals surface area contributed by atoms with Crippen molar-refractivity contribution in [2.45, 2.75) is 37.1 Å². The lowest BCUT2D eigenvalue weighted by Gasteiger charge is -2.38. The van der Waals surface area contributed by atoms with E-state index < -0.39 is 58.6 Å². The van der Waals surface area contributed by atoms with Gasteiger partial charge in [-0.3, -0.25) is 4.55 Å². The Morgan fingerprint density at radius 2 is 1.89 bits per heavy atom. The van der Waals surface area contributed by atoms with E-state index in [2.05, 4.69) is 15.7 Å².